The quantitative estimate of drug-likeness (QED) is 0.812. The number of halogens is 1. The maximum atomic E-state index is 11.7. The van der Waals surface area contributed by atoms with Crippen molar-refractivity contribution >= 4 is 41.4 Å². The van der Waals surface area contributed by atoms with Crippen molar-refractivity contribution in [2.75, 3.05) is 12.0 Å². The molecule has 0 saturated carbocycles. The van der Waals surface area contributed by atoms with Crippen LogP contribution in [0.15, 0.2) is 17.5 Å². The number of rotatable bonds is 7. The lowest BCUT2D eigenvalue weighted by atomic mass is 10.1. The molecule has 1 rings (SSSR count). The molecule has 0 saturated heterocycles. The molecule has 3 N–H and O–H groups in total. The summed E-state index contributed by atoms with van der Waals surface area (Å²) < 4.78 is 0. The summed E-state index contributed by atoms with van der Waals surface area (Å²) in [5.41, 5.74) is 5.80. The largest absolute Gasteiger partial charge is 0.352 e. The van der Waals surface area contributed by atoms with Crippen LogP contribution >= 0.6 is 35.5 Å². The van der Waals surface area contributed by atoms with Crippen LogP contribution in [0.3, 0.4) is 0 Å². The van der Waals surface area contributed by atoms with Gasteiger partial charge in [0.1, 0.15) is 0 Å². The molecule has 0 spiro atoms. The standard InChI is InChI=1S/C12H20N2OS2.ClH/c1-9(8-10-4-3-6-17-10)14-12(15)11(13)5-7-16-2;/h3-4,6,9,11H,5,7-8,13H2,1-2H3,(H,14,15);1H/t9?,11-;/m0./s1. The minimum atomic E-state index is -0.381. The first-order valence-electron chi connectivity index (χ1n) is 5.70. The van der Waals surface area contributed by atoms with E-state index in [4.69, 9.17) is 5.73 Å². The van der Waals surface area contributed by atoms with Crippen molar-refractivity contribution in [3.8, 4) is 0 Å². The Morgan fingerprint density at radius 1 is 1.61 bits per heavy atom. The summed E-state index contributed by atoms with van der Waals surface area (Å²) in [6.45, 7) is 2.01. The average molecular weight is 309 g/mol. The second-order valence-corrected chi connectivity index (χ2v) is 6.10. The van der Waals surface area contributed by atoms with Crippen LogP contribution in [0, 0.1) is 0 Å². The molecule has 1 aromatic rings. The zero-order valence-corrected chi connectivity index (χ0v) is 13.2. The second kappa shape index (κ2) is 9.67. The lowest BCUT2D eigenvalue weighted by Gasteiger charge is -2.16. The van der Waals surface area contributed by atoms with E-state index in [0.717, 1.165) is 18.6 Å². The number of amides is 1. The summed E-state index contributed by atoms with van der Waals surface area (Å²) >= 11 is 3.43. The first-order valence-corrected chi connectivity index (χ1v) is 7.98. The number of carbonyl (C=O) groups is 1. The molecule has 0 fully saturated rings. The molecule has 1 aromatic heterocycles. The third-order valence-electron chi connectivity index (χ3n) is 2.45. The van der Waals surface area contributed by atoms with Gasteiger partial charge in [0.25, 0.3) is 0 Å². The van der Waals surface area contributed by atoms with E-state index < -0.39 is 0 Å². The highest BCUT2D eigenvalue weighted by Crippen LogP contribution is 2.11. The van der Waals surface area contributed by atoms with Crippen LogP contribution in [0.1, 0.15) is 18.2 Å². The smallest absolute Gasteiger partial charge is 0.237 e. The summed E-state index contributed by atoms with van der Waals surface area (Å²) in [7, 11) is 0. The normalized spacial score (nSPS) is 13.5. The van der Waals surface area contributed by atoms with Gasteiger partial charge in [0.15, 0.2) is 0 Å². The Labute approximate surface area is 123 Å². The maximum Gasteiger partial charge on any atom is 0.237 e. The summed E-state index contributed by atoms with van der Waals surface area (Å²) in [6.07, 6.45) is 3.63. The first-order chi connectivity index (χ1) is 8.13. The van der Waals surface area contributed by atoms with E-state index >= 15 is 0 Å². The van der Waals surface area contributed by atoms with Gasteiger partial charge in [0.2, 0.25) is 5.91 Å². The fourth-order valence-electron chi connectivity index (χ4n) is 1.51. The van der Waals surface area contributed by atoms with Gasteiger partial charge < -0.3 is 11.1 Å². The van der Waals surface area contributed by atoms with Crippen LogP contribution in [0.2, 0.25) is 0 Å². The number of nitrogens with one attached hydrogen (secondary N) is 1. The summed E-state index contributed by atoms with van der Waals surface area (Å²) in [5, 5.41) is 5.01. The lowest BCUT2D eigenvalue weighted by Crippen LogP contribution is -2.45. The lowest BCUT2D eigenvalue weighted by molar-refractivity contribution is -0.122. The van der Waals surface area contributed by atoms with Crippen molar-refractivity contribution in [3.05, 3.63) is 22.4 Å². The van der Waals surface area contributed by atoms with Gasteiger partial charge in [-0.3, -0.25) is 4.79 Å². The predicted molar refractivity (Wildman–Crippen MR) is 83.9 cm³/mol. The zero-order valence-electron chi connectivity index (χ0n) is 10.7. The maximum absolute atomic E-state index is 11.7. The van der Waals surface area contributed by atoms with Gasteiger partial charge in [-0.1, -0.05) is 6.07 Å². The van der Waals surface area contributed by atoms with Crippen molar-refractivity contribution in [1.82, 2.24) is 5.32 Å². The van der Waals surface area contributed by atoms with Crippen LogP contribution in [0.4, 0.5) is 0 Å². The Morgan fingerprint density at radius 3 is 2.89 bits per heavy atom. The minimum absolute atomic E-state index is 0. The molecule has 2 atom stereocenters. The Balaban J connectivity index is 0.00000289. The predicted octanol–water partition coefficient (Wildman–Crippen LogP) is 2.30. The fraction of sp³-hybridized carbons (Fsp3) is 0.583. The van der Waals surface area contributed by atoms with Crippen molar-refractivity contribution in [3.63, 3.8) is 0 Å². The first kappa shape index (κ1) is 17.8. The van der Waals surface area contributed by atoms with Gasteiger partial charge in [-0.2, -0.15) is 11.8 Å². The van der Waals surface area contributed by atoms with Gasteiger partial charge in [-0.15, -0.1) is 23.7 Å². The molecule has 0 bridgehead atoms. The number of thiophene rings is 1. The highest BCUT2D eigenvalue weighted by Gasteiger charge is 2.15. The number of carbonyl (C=O) groups excluding carboxylic acids is 1. The van der Waals surface area contributed by atoms with E-state index in [1.54, 1.807) is 23.1 Å². The molecular weight excluding hydrogens is 288 g/mol. The Hall–Kier alpha value is -0.230. The van der Waals surface area contributed by atoms with Gasteiger partial charge in [-0.05, 0) is 36.8 Å². The van der Waals surface area contributed by atoms with Crippen molar-refractivity contribution in [2.24, 2.45) is 5.73 Å². The molecule has 3 nitrogen and oxygen atoms in total. The average Bonchev–Trinajstić information content (AvgIpc) is 2.78. The number of hydrogen-bond acceptors (Lipinski definition) is 4. The highest BCUT2D eigenvalue weighted by molar-refractivity contribution is 7.98. The minimum Gasteiger partial charge on any atom is -0.352 e. The molecule has 1 unspecified atom stereocenters. The zero-order chi connectivity index (χ0) is 12.7. The number of nitrogens with two attached hydrogens (primary N) is 1. The Kier molecular flexibility index (Phi) is 9.54. The fourth-order valence-corrected chi connectivity index (χ4v) is 2.83. The Morgan fingerprint density at radius 2 is 2.33 bits per heavy atom. The molecule has 1 heterocycles. The van der Waals surface area contributed by atoms with Crippen LogP contribution in [0.25, 0.3) is 0 Å². The van der Waals surface area contributed by atoms with E-state index in [9.17, 15) is 4.79 Å². The van der Waals surface area contributed by atoms with Gasteiger partial charge in [-0.25, -0.2) is 0 Å². The van der Waals surface area contributed by atoms with Crippen molar-refractivity contribution in [2.45, 2.75) is 31.8 Å². The molecule has 18 heavy (non-hydrogen) atoms. The molecule has 0 aliphatic rings. The third kappa shape index (κ3) is 6.64. The molecule has 0 aromatic carbocycles. The van der Waals surface area contributed by atoms with E-state index in [1.807, 2.05) is 24.6 Å². The van der Waals surface area contributed by atoms with Crippen molar-refractivity contribution in [1.29, 1.82) is 0 Å². The van der Waals surface area contributed by atoms with E-state index in [1.165, 1.54) is 4.88 Å². The third-order valence-corrected chi connectivity index (χ3v) is 3.99. The highest BCUT2D eigenvalue weighted by atomic mass is 35.5. The second-order valence-electron chi connectivity index (χ2n) is 4.08. The Bertz CT molecular complexity index is 333. The topological polar surface area (TPSA) is 55.1 Å². The van der Waals surface area contributed by atoms with Crippen LogP contribution in [-0.2, 0) is 11.2 Å². The molecule has 1 amide bonds. The monoisotopic (exact) mass is 308 g/mol. The molecule has 0 radical (unpaired) electrons. The van der Waals surface area contributed by atoms with Crippen LogP contribution in [0.5, 0.6) is 0 Å². The molecule has 104 valence electrons. The van der Waals surface area contributed by atoms with Crippen LogP contribution < -0.4 is 11.1 Å². The SMILES string of the molecule is CSCC[C@H](N)C(=O)NC(C)Cc1cccs1.Cl. The van der Waals surface area contributed by atoms with E-state index in [2.05, 4.69) is 11.4 Å². The van der Waals surface area contributed by atoms with Crippen molar-refractivity contribution < 1.29 is 4.79 Å². The van der Waals surface area contributed by atoms with Crippen LogP contribution in [-0.4, -0.2) is 30.0 Å². The van der Waals surface area contributed by atoms with Gasteiger partial charge in [0, 0.05) is 17.3 Å². The number of hydrogen-bond donors (Lipinski definition) is 2. The van der Waals surface area contributed by atoms with Gasteiger partial charge in [0.05, 0.1) is 6.04 Å². The summed E-state index contributed by atoms with van der Waals surface area (Å²) in [6, 6.07) is 3.87. The van der Waals surface area contributed by atoms with E-state index in [0.29, 0.717) is 0 Å². The van der Waals surface area contributed by atoms with E-state index in [-0.39, 0.29) is 30.4 Å². The number of thioether (sulfide) groups is 1. The molecular formula is C12H21ClN2OS2. The summed E-state index contributed by atoms with van der Waals surface area (Å²) in [5.74, 6) is 0.886. The molecule has 6 heteroatoms. The summed E-state index contributed by atoms with van der Waals surface area (Å²) in [4.78, 5) is 13.0. The molecule has 0 aliphatic carbocycles. The van der Waals surface area contributed by atoms with Gasteiger partial charge >= 0.3 is 0 Å². The molecule has 0 aliphatic heterocycles.